The summed E-state index contributed by atoms with van der Waals surface area (Å²) in [6, 6.07) is 3.45. The molecule has 0 bridgehead atoms. The van der Waals surface area contributed by atoms with Gasteiger partial charge in [-0.15, -0.1) is 0 Å². The van der Waals surface area contributed by atoms with Crippen LogP contribution in [0.25, 0.3) is 0 Å². The van der Waals surface area contributed by atoms with E-state index >= 15 is 0 Å². The van der Waals surface area contributed by atoms with E-state index in [2.05, 4.69) is 39.3 Å². The smallest absolute Gasteiger partial charge is 0.237 e. The first kappa shape index (κ1) is 19.8. The Labute approximate surface area is 161 Å². The predicted octanol–water partition coefficient (Wildman–Crippen LogP) is 0.763. The van der Waals surface area contributed by atoms with Crippen molar-refractivity contribution in [3.8, 4) is 0 Å². The number of aromatic nitrogens is 1. The van der Waals surface area contributed by atoms with Crippen LogP contribution in [0.4, 0.5) is 0 Å². The third kappa shape index (κ3) is 5.26. The van der Waals surface area contributed by atoms with Crippen LogP contribution in [0, 0.1) is 0 Å². The van der Waals surface area contributed by atoms with Gasteiger partial charge in [-0.2, -0.15) is 0 Å². The summed E-state index contributed by atoms with van der Waals surface area (Å²) < 4.78 is 0. The molecule has 2 saturated heterocycles. The number of hydrogen-bond donors (Lipinski definition) is 2. The number of nitrogens with one attached hydrogen (secondary N) is 2. The molecule has 3 rings (SSSR count). The van der Waals surface area contributed by atoms with E-state index in [9.17, 15) is 9.59 Å². The first-order chi connectivity index (χ1) is 13.0. The lowest BCUT2D eigenvalue weighted by Crippen LogP contribution is -2.57. The Morgan fingerprint density at radius 1 is 1.33 bits per heavy atom. The molecule has 0 spiro atoms. The lowest BCUT2D eigenvalue weighted by Gasteiger charge is -2.37. The zero-order chi connectivity index (χ0) is 19.3. The Morgan fingerprint density at radius 3 is 2.81 bits per heavy atom. The Balaban J connectivity index is 1.55. The molecular formula is C20H31N5O2. The number of carbonyl (C=O) groups is 2. The molecule has 2 aliphatic rings. The van der Waals surface area contributed by atoms with E-state index in [-0.39, 0.29) is 23.8 Å². The molecule has 3 heterocycles. The van der Waals surface area contributed by atoms with Crippen LogP contribution >= 0.6 is 0 Å². The van der Waals surface area contributed by atoms with Crippen LogP contribution in [0.3, 0.4) is 0 Å². The lowest BCUT2D eigenvalue weighted by atomic mass is 10.0. The van der Waals surface area contributed by atoms with E-state index in [0.29, 0.717) is 19.6 Å². The first-order valence-electron chi connectivity index (χ1n) is 9.88. The van der Waals surface area contributed by atoms with Gasteiger partial charge in [0.2, 0.25) is 11.8 Å². The lowest BCUT2D eigenvalue weighted by molar-refractivity contribution is -0.134. The first-order valence-corrected chi connectivity index (χ1v) is 9.88. The second kappa shape index (κ2) is 8.80. The average Bonchev–Trinajstić information content (AvgIpc) is 3.20. The number of likely N-dealkylation sites (tertiary alicyclic amines) is 1. The third-order valence-electron chi connectivity index (χ3n) is 5.61. The van der Waals surface area contributed by atoms with E-state index in [1.54, 1.807) is 6.20 Å². The summed E-state index contributed by atoms with van der Waals surface area (Å²) in [5.74, 6) is -0.139. The fourth-order valence-corrected chi connectivity index (χ4v) is 3.90. The number of pyridine rings is 1. The van der Waals surface area contributed by atoms with Gasteiger partial charge in [0.1, 0.15) is 0 Å². The maximum atomic E-state index is 12.6. The fraction of sp³-hybridized carbons (Fsp3) is 0.650. The minimum absolute atomic E-state index is 0.0591. The van der Waals surface area contributed by atoms with E-state index in [4.69, 9.17) is 0 Å². The van der Waals surface area contributed by atoms with Gasteiger partial charge in [-0.1, -0.05) is 6.07 Å². The molecule has 2 N–H and O–H groups in total. The molecule has 0 aromatic carbocycles. The van der Waals surface area contributed by atoms with Crippen LogP contribution in [-0.4, -0.2) is 70.9 Å². The summed E-state index contributed by atoms with van der Waals surface area (Å²) in [5, 5.41) is 5.94. The van der Waals surface area contributed by atoms with E-state index in [1.165, 1.54) is 12.8 Å². The molecule has 1 aromatic heterocycles. The molecule has 7 heteroatoms. The minimum atomic E-state index is -0.436. The average molecular weight is 374 g/mol. The predicted molar refractivity (Wildman–Crippen MR) is 104 cm³/mol. The number of nitrogens with zero attached hydrogens (tertiary/aromatic N) is 3. The number of hydrogen-bond acceptors (Lipinski definition) is 5. The van der Waals surface area contributed by atoms with Gasteiger partial charge < -0.3 is 10.6 Å². The highest BCUT2D eigenvalue weighted by Crippen LogP contribution is 2.20. The molecule has 27 heavy (non-hydrogen) atoms. The van der Waals surface area contributed by atoms with Gasteiger partial charge in [0.25, 0.3) is 0 Å². The Kier molecular flexibility index (Phi) is 6.44. The van der Waals surface area contributed by atoms with Crippen molar-refractivity contribution in [1.29, 1.82) is 0 Å². The van der Waals surface area contributed by atoms with Crippen molar-refractivity contribution in [2.75, 3.05) is 32.7 Å². The van der Waals surface area contributed by atoms with Gasteiger partial charge in [-0.25, -0.2) is 0 Å². The van der Waals surface area contributed by atoms with Crippen LogP contribution < -0.4 is 10.6 Å². The summed E-state index contributed by atoms with van der Waals surface area (Å²) in [7, 11) is 0. The maximum absolute atomic E-state index is 12.6. The summed E-state index contributed by atoms with van der Waals surface area (Å²) in [6.45, 7) is 9.08. The third-order valence-corrected chi connectivity index (χ3v) is 5.61. The van der Waals surface area contributed by atoms with Crippen molar-refractivity contribution in [2.45, 2.75) is 51.2 Å². The van der Waals surface area contributed by atoms with Crippen molar-refractivity contribution in [3.63, 3.8) is 0 Å². The van der Waals surface area contributed by atoms with Crippen LogP contribution in [-0.2, 0) is 16.1 Å². The number of amides is 2. The van der Waals surface area contributed by atoms with Gasteiger partial charge in [0.15, 0.2) is 0 Å². The molecule has 148 valence electrons. The molecule has 0 saturated carbocycles. The molecular weight excluding hydrogens is 342 g/mol. The Hall–Kier alpha value is -1.99. The molecule has 1 unspecified atom stereocenters. The second-order valence-corrected chi connectivity index (χ2v) is 8.13. The maximum Gasteiger partial charge on any atom is 0.237 e. The Bertz CT molecular complexity index is 643. The van der Waals surface area contributed by atoms with Gasteiger partial charge in [0, 0.05) is 44.1 Å². The zero-order valence-corrected chi connectivity index (χ0v) is 16.4. The van der Waals surface area contributed by atoms with Crippen molar-refractivity contribution in [3.05, 3.63) is 30.1 Å². The van der Waals surface area contributed by atoms with Crippen LogP contribution in [0.15, 0.2) is 24.5 Å². The van der Waals surface area contributed by atoms with E-state index in [0.717, 1.165) is 25.2 Å². The van der Waals surface area contributed by atoms with Gasteiger partial charge in [-0.3, -0.25) is 24.4 Å². The van der Waals surface area contributed by atoms with Crippen molar-refractivity contribution in [2.24, 2.45) is 0 Å². The standard InChI is InChI=1S/C20H31N5O2/c1-20(2,25-9-3-4-10-25)15-23-18(26)12-17-19(27)22-8-11-24(17)14-16-6-5-7-21-13-16/h5-7,13,17H,3-4,8-12,14-15H2,1-2H3,(H,22,27)(H,23,26). The highest BCUT2D eigenvalue weighted by Gasteiger charge is 2.33. The second-order valence-electron chi connectivity index (χ2n) is 8.13. The zero-order valence-electron chi connectivity index (χ0n) is 16.4. The van der Waals surface area contributed by atoms with Crippen LogP contribution in [0.1, 0.15) is 38.7 Å². The molecule has 2 aliphatic heterocycles. The highest BCUT2D eigenvalue weighted by atomic mass is 16.2. The molecule has 0 radical (unpaired) electrons. The van der Waals surface area contributed by atoms with Gasteiger partial charge >= 0.3 is 0 Å². The summed E-state index contributed by atoms with van der Waals surface area (Å²) in [6.07, 6.45) is 6.18. The largest absolute Gasteiger partial charge is 0.354 e. The normalized spacial score (nSPS) is 21.9. The van der Waals surface area contributed by atoms with Crippen LogP contribution in [0.5, 0.6) is 0 Å². The number of piperazine rings is 1. The van der Waals surface area contributed by atoms with E-state index < -0.39 is 6.04 Å². The quantitative estimate of drug-likeness (QED) is 0.738. The van der Waals surface area contributed by atoms with Crippen molar-refractivity contribution < 1.29 is 9.59 Å². The summed E-state index contributed by atoms with van der Waals surface area (Å²) in [5.41, 5.74) is 0.990. The van der Waals surface area contributed by atoms with Crippen molar-refractivity contribution >= 4 is 11.8 Å². The topological polar surface area (TPSA) is 77.6 Å². The molecule has 1 aromatic rings. The molecule has 2 amide bonds. The summed E-state index contributed by atoms with van der Waals surface area (Å²) in [4.78, 5) is 33.6. The molecule has 7 nitrogen and oxygen atoms in total. The van der Waals surface area contributed by atoms with Crippen molar-refractivity contribution in [1.82, 2.24) is 25.4 Å². The molecule has 0 aliphatic carbocycles. The molecule has 1 atom stereocenters. The monoisotopic (exact) mass is 373 g/mol. The number of rotatable bonds is 7. The highest BCUT2D eigenvalue weighted by molar-refractivity contribution is 5.88. The Morgan fingerprint density at radius 2 is 2.11 bits per heavy atom. The SMILES string of the molecule is CC(C)(CNC(=O)CC1C(=O)NCCN1Cc1cccnc1)N1CCCC1. The van der Waals surface area contributed by atoms with Gasteiger partial charge in [-0.05, 0) is 51.4 Å². The number of carbonyl (C=O) groups excluding carboxylic acids is 2. The minimum Gasteiger partial charge on any atom is -0.354 e. The molecule has 2 fully saturated rings. The summed E-state index contributed by atoms with van der Waals surface area (Å²) >= 11 is 0. The van der Waals surface area contributed by atoms with E-state index in [1.807, 2.05) is 18.3 Å². The fourth-order valence-electron chi connectivity index (χ4n) is 3.90. The van der Waals surface area contributed by atoms with Gasteiger partial charge in [0.05, 0.1) is 12.5 Å². The van der Waals surface area contributed by atoms with Crippen LogP contribution in [0.2, 0.25) is 0 Å².